The van der Waals surface area contributed by atoms with Gasteiger partial charge in [-0.1, -0.05) is 18.1 Å². The molecule has 0 fully saturated rings. The molecule has 0 unspecified atom stereocenters. The van der Waals surface area contributed by atoms with Crippen molar-refractivity contribution in [3.05, 3.63) is 35.4 Å². The Balaban J connectivity index is 1.69. The number of nitrogens with one attached hydrogen (secondary N) is 2. The van der Waals surface area contributed by atoms with E-state index in [9.17, 15) is 8.42 Å². The molecule has 0 aliphatic rings. The minimum atomic E-state index is -3.68. The number of imidazole rings is 1. The van der Waals surface area contributed by atoms with Crippen LogP contribution in [0, 0.1) is 0 Å². The zero-order valence-electron chi connectivity index (χ0n) is 11.6. The van der Waals surface area contributed by atoms with Gasteiger partial charge in [0.05, 0.1) is 17.6 Å². The van der Waals surface area contributed by atoms with E-state index < -0.39 is 10.0 Å². The minimum Gasteiger partial charge on any atom is -0.333 e. The highest BCUT2D eigenvalue weighted by Crippen LogP contribution is 2.22. The van der Waals surface area contributed by atoms with Crippen molar-refractivity contribution < 1.29 is 12.9 Å². The normalized spacial score (nSPS) is 11.9. The third-order valence-corrected chi connectivity index (χ3v) is 5.02. The van der Waals surface area contributed by atoms with E-state index >= 15 is 0 Å². The Labute approximate surface area is 130 Å². The summed E-state index contributed by atoms with van der Waals surface area (Å²) in [5.74, 6) is 1.25. The van der Waals surface area contributed by atoms with Crippen LogP contribution in [0.25, 0.3) is 10.8 Å². The average Bonchev–Trinajstić information content (AvgIpc) is 3.24. The molecular weight excluding hydrogens is 326 g/mol. The van der Waals surface area contributed by atoms with Gasteiger partial charge in [-0.15, -0.1) is 11.3 Å². The van der Waals surface area contributed by atoms with E-state index in [1.807, 2.05) is 24.4 Å². The quantitative estimate of drug-likeness (QED) is 0.704. The molecular formula is C12H13N5O3S2. The zero-order valence-corrected chi connectivity index (χ0v) is 13.2. The van der Waals surface area contributed by atoms with E-state index in [4.69, 9.17) is 4.52 Å². The predicted molar refractivity (Wildman–Crippen MR) is 79.6 cm³/mol. The highest BCUT2D eigenvalue weighted by atomic mass is 32.2. The zero-order chi connectivity index (χ0) is 15.6. The van der Waals surface area contributed by atoms with Crippen LogP contribution in [0.1, 0.15) is 18.6 Å². The number of rotatable bonds is 6. The first-order valence-electron chi connectivity index (χ1n) is 6.48. The van der Waals surface area contributed by atoms with Crippen molar-refractivity contribution in [3.8, 4) is 10.8 Å². The molecule has 0 aliphatic heterocycles. The van der Waals surface area contributed by atoms with Crippen molar-refractivity contribution in [2.24, 2.45) is 0 Å². The Morgan fingerprint density at radius 1 is 1.45 bits per heavy atom. The molecule has 10 heteroatoms. The number of hydrogen-bond donors (Lipinski definition) is 2. The first-order valence-corrected chi connectivity index (χ1v) is 8.85. The van der Waals surface area contributed by atoms with Gasteiger partial charge in [0.2, 0.25) is 0 Å². The van der Waals surface area contributed by atoms with Gasteiger partial charge in [0.25, 0.3) is 15.9 Å². The Hall–Kier alpha value is -2.04. The summed E-state index contributed by atoms with van der Waals surface area (Å²) in [6.07, 6.45) is 1.92. The van der Waals surface area contributed by atoms with Gasteiger partial charge in [0.15, 0.2) is 10.9 Å². The van der Waals surface area contributed by atoms with E-state index in [0.717, 1.165) is 4.88 Å². The van der Waals surface area contributed by atoms with Crippen molar-refractivity contribution in [2.75, 3.05) is 0 Å². The van der Waals surface area contributed by atoms with Crippen LogP contribution < -0.4 is 4.72 Å². The average molecular weight is 339 g/mol. The lowest BCUT2D eigenvalue weighted by Gasteiger charge is -2.01. The summed E-state index contributed by atoms with van der Waals surface area (Å²) >= 11 is 1.47. The molecule has 0 aromatic carbocycles. The minimum absolute atomic E-state index is 0.0197. The molecule has 0 bridgehead atoms. The second kappa shape index (κ2) is 5.99. The van der Waals surface area contributed by atoms with Gasteiger partial charge in [-0.25, -0.2) is 18.1 Å². The Kier molecular flexibility index (Phi) is 4.05. The lowest BCUT2D eigenvalue weighted by atomic mass is 10.5. The third-order valence-electron chi connectivity index (χ3n) is 2.85. The van der Waals surface area contributed by atoms with Crippen LogP contribution in [0.4, 0.5) is 0 Å². The molecule has 0 saturated carbocycles. The second-order valence-electron chi connectivity index (χ2n) is 4.37. The third kappa shape index (κ3) is 3.08. The number of H-pyrrole nitrogens is 1. The number of aromatic nitrogens is 4. The first-order chi connectivity index (χ1) is 10.6. The summed E-state index contributed by atoms with van der Waals surface area (Å²) in [6, 6.07) is 3.72. The fourth-order valence-electron chi connectivity index (χ4n) is 1.72. The maximum atomic E-state index is 12.1. The highest BCUT2D eigenvalue weighted by Gasteiger charge is 2.18. The number of aromatic amines is 1. The summed E-state index contributed by atoms with van der Waals surface area (Å²) in [6.45, 7) is 1.83. The van der Waals surface area contributed by atoms with Gasteiger partial charge < -0.3 is 9.51 Å². The summed E-state index contributed by atoms with van der Waals surface area (Å²) in [4.78, 5) is 11.7. The number of thiophene rings is 1. The molecule has 116 valence electrons. The van der Waals surface area contributed by atoms with Crippen molar-refractivity contribution in [2.45, 2.75) is 24.9 Å². The Bertz CT molecular complexity index is 851. The van der Waals surface area contributed by atoms with Crippen molar-refractivity contribution in [3.63, 3.8) is 0 Å². The summed E-state index contributed by atoms with van der Waals surface area (Å²) < 4.78 is 31.7. The largest absolute Gasteiger partial charge is 0.333 e. The molecule has 0 aliphatic carbocycles. The predicted octanol–water partition coefficient (Wildman–Crippen LogP) is 1.56. The lowest BCUT2D eigenvalue weighted by Crippen LogP contribution is -2.24. The van der Waals surface area contributed by atoms with Crippen LogP contribution in [-0.4, -0.2) is 28.5 Å². The highest BCUT2D eigenvalue weighted by molar-refractivity contribution is 7.89. The summed E-state index contributed by atoms with van der Waals surface area (Å²) in [5, 5.41) is 5.67. The molecule has 0 spiro atoms. The van der Waals surface area contributed by atoms with Crippen molar-refractivity contribution in [1.29, 1.82) is 0 Å². The molecule has 0 saturated heterocycles. The fraction of sp³-hybridized carbons (Fsp3) is 0.250. The van der Waals surface area contributed by atoms with Crippen LogP contribution in [0.15, 0.2) is 33.3 Å². The van der Waals surface area contributed by atoms with Gasteiger partial charge in [0, 0.05) is 6.42 Å². The second-order valence-corrected chi connectivity index (χ2v) is 7.05. The smallest absolute Gasteiger partial charge is 0.268 e. The molecule has 22 heavy (non-hydrogen) atoms. The standard InChI is InChI=1S/C12H13N5O3S2/c1-2-9-13-7-11(15-9)22(18,19)14-6-10-16-12(20-17-10)8-4-3-5-21-8/h3-5,7,14H,2,6H2,1H3,(H,13,15). The summed E-state index contributed by atoms with van der Waals surface area (Å²) in [5.41, 5.74) is 0. The Morgan fingerprint density at radius 2 is 2.32 bits per heavy atom. The van der Waals surface area contributed by atoms with E-state index in [1.54, 1.807) is 0 Å². The molecule has 0 amide bonds. The molecule has 0 atom stereocenters. The number of nitrogens with zero attached hydrogens (tertiary/aromatic N) is 3. The molecule has 3 aromatic heterocycles. The van der Waals surface area contributed by atoms with E-state index in [-0.39, 0.29) is 17.4 Å². The van der Waals surface area contributed by atoms with Gasteiger partial charge in [-0.2, -0.15) is 4.98 Å². The molecule has 2 N–H and O–H groups in total. The van der Waals surface area contributed by atoms with Crippen LogP contribution >= 0.6 is 11.3 Å². The fourth-order valence-corrected chi connectivity index (χ4v) is 3.29. The maximum Gasteiger partial charge on any atom is 0.268 e. The molecule has 3 heterocycles. The van der Waals surface area contributed by atoms with Gasteiger partial charge in [-0.3, -0.25) is 0 Å². The van der Waals surface area contributed by atoms with Crippen LogP contribution in [0.5, 0.6) is 0 Å². The SMILES string of the molecule is CCc1ncc(S(=O)(=O)NCc2noc(-c3cccs3)n2)[nH]1. The Morgan fingerprint density at radius 3 is 3.00 bits per heavy atom. The molecule has 3 rings (SSSR count). The van der Waals surface area contributed by atoms with Crippen LogP contribution in [0.2, 0.25) is 0 Å². The van der Waals surface area contributed by atoms with E-state index in [0.29, 0.717) is 18.1 Å². The first kappa shape index (κ1) is 14.9. The molecule has 3 aromatic rings. The molecule has 8 nitrogen and oxygen atoms in total. The van der Waals surface area contributed by atoms with E-state index in [1.165, 1.54) is 17.5 Å². The van der Waals surface area contributed by atoms with Gasteiger partial charge in [-0.05, 0) is 11.4 Å². The van der Waals surface area contributed by atoms with Crippen molar-refractivity contribution in [1.82, 2.24) is 24.8 Å². The van der Waals surface area contributed by atoms with Crippen LogP contribution in [-0.2, 0) is 23.0 Å². The maximum absolute atomic E-state index is 12.1. The summed E-state index contributed by atoms with van der Waals surface area (Å²) in [7, 11) is -3.68. The van der Waals surface area contributed by atoms with E-state index in [2.05, 4.69) is 24.8 Å². The number of hydrogen-bond acceptors (Lipinski definition) is 7. The van der Waals surface area contributed by atoms with Crippen LogP contribution in [0.3, 0.4) is 0 Å². The van der Waals surface area contributed by atoms with Crippen molar-refractivity contribution >= 4 is 21.4 Å². The van der Waals surface area contributed by atoms with Gasteiger partial charge in [0.1, 0.15) is 5.82 Å². The number of aryl methyl sites for hydroxylation is 1. The monoisotopic (exact) mass is 339 g/mol. The lowest BCUT2D eigenvalue weighted by molar-refractivity contribution is 0.422. The molecule has 0 radical (unpaired) electrons. The van der Waals surface area contributed by atoms with Gasteiger partial charge >= 0.3 is 0 Å². The number of sulfonamides is 1. The topological polar surface area (TPSA) is 114 Å².